The fraction of sp³-hybridized carbons (Fsp3) is 0.400. The van der Waals surface area contributed by atoms with Crippen molar-refractivity contribution in [3.63, 3.8) is 0 Å². The van der Waals surface area contributed by atoms with E-state index in [0.717, 1.165) is 14.9 Å². The van der Waals surface area contributed by atoms with Crippen LogP contribution in [0.2, 0.25) is 0 Å². The summed E-state index contributed by atoms with van der Waals surface area (Å²) in [5.41, 5.74) is 1.08. The van der Waals surface area contributed by atoms with Crippen molar-refractivity contribution >= 4 is 39.0 Å². The van der Waals surface area contributed by atoms with Gasteiger partial charge in [-0.1, -0.05) is 0 Å². The van der Waals surface area contributed by atoms with E-state index in [-0.39, 0.29) is 12.1 Å². The summed E-state index contributed by atoms with van der Waals surface area (Å²) in [6.45, 7) is 0.887. The lowest BCUT2D eigenvalue weighted by Crippen LogP contribution is -2.33. The first-order valence-corrected chi connectivity index (χ1v) is 8.21. The molecule has 0 aromatic carbocycles. The van der Waals surface area contributed by atoms with Gasteiger partial charge in [0.25, 0.3) is 5.56 Å². The Labute approximate surface area is 141 Å². The number of rotatable bonds is 6. The molecule has 0 amide bonds. The molecule has 0 spiro atoms. The molecule has 0 radical (unpaired) electrons. The van der Waals surface area contributed by atoms with Gasteiger partial charge >= 0.3 is 5.97 Å². The second kappa shape index (κ2) is 6.62. The molecule has 0 atom stereocenters. The lowest BCUT2D eigenvalue weighted by atomic mass is 10.5. The zero-order valence-electron chi connectivity index (χ0n) is 13.7. The predicted octanol–water partition coefficient (Wildman–Crippen LogP) is 0.966. The second-order valence-electron chi connectivity index (χ2n) is 5.29. The molecule has 0 unspecified atom stereocenters. The fourth-order valence-electron chi connectivity index (χ4n) is 2.50. The van der Waals surface area contributed by atoms with Gasteiger partial charge in [-0.2, -0.15) is 0 Å². The van der Waals surface area contributed by atoms with Crippen molar-refractivity contribution in [2.45, 2.75) is 6.54 Å². The van der Waals surface area contributed by atoms with Crippen LogP contribution < -0.4 is 10.5 Å². The zero-order chi connectivity index (χ0) is 17.3. The van der Waals surface area contributed by atoms with Crippen molar-refractivity contribution in [3.8, 4) is 0 Å². The van der Waals surface area contributed by atoms with E-state index in [2.05, 4.69) is 9.84 Å². The molecule has 0 aliphatic rings. The Balaban J connectivity index is 2.22. The molecule has 0 bridgehead atoms. The number of carbonyl (C=O) groups is 1. The van der Waals surface area contributed by atoms with Gasteiger partial charge in [-0.3, -0.25) is 14.0 Å². The fourth-order valence-corrected chi connectivity index (χ4v) is 3.30. The SMILES string of the molecule is COCCN(C)c1nn(CC(=O)OC)c(=O)c2cc3sccc3n12. The summed E-state index contributed by atoms with van der Waals surface area (Å²) in [5, 5.41) is 6.35. The van der Waals surface area contributed by atoms with E-state index in [1.54, 1.807) is 18.4 Å². The molecule has 24 heavy (non-hydrogen) atoms. The average Bonchev–Trinajstić information content (AvgIpc) is 3.16. The van der Waals surface area contributed by atoms with Gasteiger partial charge in [-0.25, -0.2) is 4.68 Å². The molecule has 0 fully saturated rings. The monoisotopic (exact) mass is 350 g/mol. The van der Waals surface area contributed by atoms with Gasteiger partial charge in [0.2, 0.25) is 5.95 Å². The number of carbonyl (C=O) groups excluding carboxylic acids is 1. The molecule has 8 nitrogen and oxygen atoms in total. The highest BCUT2D eigenvalue weighted by Gasteiger charge is 2.18. The minimum absolute atomic E-state index is 0.226. The third-order valence-electron chi connectivity index (χ3n) is 3.77. The highest BCUT2D eigenvalue weighted by Crippen LogP contribution is 2.26. The van der Waals surface area contributed by atoms with E-state index in [1.165, 1.54) is 7.11 Å². The molecule has 128 valence electrons. The molecule has 3 aromatic rings. The van der Waals surface area contributed by atoms with Crippen LogP contribution in [0.4, 0.5) is 5.95 Å². The maximum Gasteiger partial charge on any atom is 0.327 e. The highest BCUT2D eigenvalue weighted by molar-refractivity contribution is 7.17. The Morgan fingerprint density at radius 1 is 1.38 bits per heavy atom. The topological polar surface area (TPSA) is 78.1 Å². The Morgan fingerprint density at radius 3 is 2.88 bits per heavy atom. The van der Waals surface area contributed by atoms with Crippen LogP contribution in [0.5, 0.6) is 0 Å². The van der Waals surface area contributed by atoms with Crippen molar-refractivity contribution in [1.29, 1.82) is 0 Å². The molecule has 3 aromatic heterocycles. The summed E-state index contributed by atoms with van der Waals surface area (Å²) >= 11 is 1.55. The van der Waals surface area contributed by atoms with Crippen LogP contribution >= 0.6 is 11.3 Å². The molecule has 0 saturated carbocycles. The number of hydrogen-bond donors (Lipinski definition) is 0. The normalized spacial score (nSPS) is 11.3. The van der Waals surface area contributed by atoms with Crippen LogP contribution in [0.3, 0.4) is 0 Å². The minimum Gasteiger partial charge on any atom is -0.468 e. The number of aromatic nitrogens is 3. The van der Waals surface area contributed by atoms with E-state index in [1.807, 2.05) is 33.9 Å². The first kappa shape index (κ1) is 16.5. The maximum absolute atomic E-state index is 12.7. The number of hydrogen-bond acceptors (Lipinski definition) is 7. The number of nitrogens with zero attached hydrogens (tertiary/aromatic N) is 4. The quantitative estimate of drug-likeness (QED) is 0.617. The average molecular weight is 350 g/mol. The van der Waals surface area contributed by atoms with E-state index < -0.39 is 5.97 Å². The van der Waals surface area contributed by atoms with Crippen molar-refractivity contribution in [3.05, 3.63) is 27.9 Å². The summed E-state index contributed by atoms with van der Waals surface area (Å²) in [7, 11) is 4.78. The van der Waals surface area contributed by atoms with Crippen LogP contribution in [0.15, 0.2) is 22.3 Å². The number of ether oxygens (including phenoxy) is 2. The number of thiophene rings is 1. The van der Waals surface area contributed by atoms with Gasteiger partial charge in [0.15, 0.2) is 0 Å². The number of likely N-dealkylation sites (N-methyl/N-ethyl adjacent to an activating group) is 1. The Kier molecular flexibility index (Phi) is 4.54. The minimum atomic E-state index is -0.521. The summed E-state index contributed by atoms with van der Waals surface area (Å²) in [5.74, 6) is 0.0479. The summed E-state index contributed by atoms with van der Waals surface area (Å²) in [6, 6.07) is 3.78. The van der Waals surface area contributed by atoms with Crippen LogP contribution in [0, 0.1) is 0 Å². The van der Waals surface area contributed by atoms with Gasteiger partial charge < -0.3 is 14.4 Å². The molecule has 0 saturated heterocycles. The summed E-state index contributed by atoms with van der Waals surface area (Å²) in [4.78, 5) is 26.1. The molecule has 3 rings (SSSR count). The van der Waals surface area contributed by atoms with Crippen molar-refractivity contribution in [1.82, 2.24) is 14.2 Å². The van der Waals surface area contributed by atoms with Gasteiger partial charge in [-0.05, 0) is 17.5 Å². The van der Waals surface area contributed by atoms with E-state index in [4.69, 9.17) is 4.74 Å². The van der Waals surface area contributed by atoms with Crippen molar-refractivity contribution in [2.24, 2.45) is 0 Å². The Morgan fingerprint density at radius 2 is 2.17 bits per heavy atom. The first-order valence-electron chi connectivity index (χ1n) is 7.33. The molecule has 0 N–H and O–H groups in total. The third-order valence-corrected chi connectivity index (χ3v) is 4.62. The maximum atomic E-state index is 12.7. The molecule has 0 aliphatic heterocycles. The largest absolute Gasteiger partial charge is 0.468 e. The lowest BCUT2D eigenvalue weighted by molar-refractivity contribution is -0.141. The van der Waals surface area contributed by atoms with Gasteiger partial charge in [0.1, 0.15) is 12.1 Å². The van der Waals surface area contributed by atoms with Crippen molar-refractivity contribution < 1.29 is 14.3 Å². The van der Waals surface area contributed by atoms with Crippen LogP contribution in [0.25, 0.3) is 15.7 Å². The number of fused-ring (bicyclic) bond motifs is 3. The van der Waals surface area contributed by atoms with E-state index in [0.29, 0.717) is 24.6 Å². The van der Waals surface area contributed by atoms with Crippen LogP contribution in [-0.2, 0) is 20.8 Å². The van der Waals surface area contributed by atoms with Crippen molar-refractivity contribution in [2.75, 3.05) is 39.3 Å². The summed E-state index contributed by atoms with van der Waals surface area (Å²) in [6.07, 6.45) is 0. The number of esters is 1. The highest BCUT2D eigenvalue weighted by atomic mass is 32.1. The Hall–Kier alpha value is -2.39. The molecule has 3 heterocycles. The second-order valence-corrected chi connectivity index (χ2v) is 6.24. The van der Waals surface area contributed by atoms with Gasteiger partial charge in [0.05, 0.1) is 23.9 Å². The number of anilines is 1. The molecular formula is C15H18N4O4S. The molecular weight excluding hydrogens is 332 g/mol. The molecule has 0 aliphatic carbocycles. The standard InChI is InChI=1S/C15H18N4O4S/c1-17(5-6-22-2)15-16-18(9-13(20)23-3)14(21)11-8-12-10(19(11)15)4-7-24-12/h4,7-8H,5-6,9H2,1-3H3. The van der Waals surface area contributed by atoms with E-state index in [9.17, 15) is 9.59 Å². The summed E-state index contributed by atoms with van der Waals surface area (Å²) < 4.78 is 13.7. The predicted molar refractivity (Wildman–Crippen MR) is 92.0 cm³/mol. The van der Waals surface area contributed by atoms with Gasteiger partial charge in [-0.15, -0.1) is 16.4 Å². The van der Waals surface area contributed by atoms with Crippen LogP contribution in [-0.4, -0.2) is 54.6 Å². The smallest absolute Gasteiger partial charge is 0.327 e. The number of methoxy groups -OCH3 is 2. The van der Waals surface area contributed by atoms with E-state index >= 15 is 0 Å². The zero-order valence-corrected chi connectivity index (χ0v) is 14.5. The van der Waals surface area contributed by atoms with Gasteiger partial charge in [0, 0.05) is 20.7 Å². The third kappa shape index (κ3) is 2.76. The first-order chi connectivity index (χ1) is 11.6. The lowest BCUT2D eigenvalue weighted by Gasteiger charge is -2.20. The van der Waals surface area contributed by atoms with Crippen LogP contribution in [0.1, 0.15) is 0 Å². The Bertz CT molecular complexity index is 942. The molecule has 9 heteroatoms.